The van der Waals surface area contributed by atoms with E-state index in [1.807, 2.05) is 12.1 Å². The molecule has 1 N–H and O–H groups in total. The molecule has 0 spiro atoms. The minimum Gasteiger partial charge on any atom is -0.311 e. The van der Waals surface area contributed by atoms with Crippen molar-refractivity contribution >= 4 is 0 Å². The topological polar surface area (TPSA) is 12.0 Å². The molecule has 2 saturated heterocycles. The van der Waals surface area contributed by atoms with Gasteiger partial charge in [-0.1, -0.05) is 12.1 Å². The van der Waals surface area contributed by atoms with Crippen molar-refractivity contribution in [2.75, 3.05) is 0 Å². The van der Waals surface area contributed by atoms with Crippen LogP contribution in [0, 0.1) is 11.7 Å². The molecule has 86 valence electrons. The van der Waals surface area contributed by atoms with Crippen LogP contribution in [-0.2, 0) is 6.42 Å². The maximum Gasteiger partial charge on any atom is 0.123 e. The first-order valence-electron chi connectivity index (χ1n) is 6.30. The van der Waals surface area contributed by atoms with Crippen LogP contribution in [0.1, 0.15) is 31.2 Å². The first kappa shape index (κ1) is 10.3. The highest BCUT2D eigenvalue weighted by Gasteiger charge is 2.33. The fourth-order valence-corrected chi connectivity index (χ4v) is 3.30. The molecule has 3 atom stereocenters. The van der Waals surface area contributed by atoms with Gasteiger partial charge in [-0.15, -0.1) is 0 Å². The van der Waals surface area contributed by atoms with Crippen molar-refractivity contribution in [3.63, 3.8) is 0 Å². The molecule has 0 radical (unpaired) electrons. The molecule has 2 aliphatic heterocycles. The molecular weight excluding hydrogens is 201 g/mol. The van der Waals surface area contributed by atoms with Crippen molar-refractivity contribution in [1.29, 1.82) is 0 Å². The van der Waals surface area contributed by atoms with Gasteiger partial charge >= 0.3 is 0 Å². The summed E-state index contributed by atoms with van der Waals surface area (Å²) in [7, 11) is 0. The Bertz CT molecular complexity index is 348. The Kier molecular flexibility index (Phi) is 2.68. The zero-order valence-corrected chi connectivity index (χ0v) is 9.45. The van der Waals surface area contributed by atoms with Crippen LogP contribution in [0.25, 0.3) is 0 Å². The van der Waals surface area contributed by atoms with Crippen LogP contribution in [-0.4, -0.2) is 12.1 Å². The summed E-state index contributed by atoms with van der Waals surface area (Å²) in [5.41, 5.74) is 1.28. The average molecular weight is 219 g/mol. The molecule has 0 saturated carbocycles. The maximum absolute atomic E-state index is 12.8. The van der Waals surface area contributed by atoms with Crippen LogP contribution in [0.4, 0.5) is 4.39 Å². The molecule has 1 aromatic carbocycles. The van der Waals surface area contributed by atoms with Gasteiger partial charge in [-0.25, -0.2) is 4.39 Å². The van der Waals surface area contributed by atoms with Gasteiger partial charge < -0.3 is 5.32 Å². The van der Waals surface area contributed by atoms with Gasteiger partial charge in [0.2, 0.25) is 0 Å². The number of nitrogens with one attached hydrogen (secondary N) is 1. The minimum atomic E-state index is -0.130. The first-order valence-corrected chi connectivity index (χ1v) is 6.30. The van der Waals surface area contributed by atoms with Crippen molar-refractivity contribution in [3.8, 4) is 0 Å². The van der Waals surface area contributed by atoms with Crippen molar-refractivity contribution < 1.29 is 4.39 Å². The lowest BCUT2D eigenvalue weighted by atomic mass is 9.87. The molecule has 2 heterocycles. The Morgan fingerprint density at radius 3 is 2.31 bits per heavy atom. The van der Waals surface area contributed by atoms with Crippen LogP contribution < -0.4 is 5.32 Å². The van der Waals surface area contributed by atoms with E-state index in [1.165, 1.54) is 31.2 Å². The van der Waals surface area contributed by atoms with Crippen LogP contribution in [0.3, 0.4) is 0 Å². The van der Waals surface area contributed by atoms with Crippen molar-refractivity contribution in [2.24, 2.45) is 5.92 Å². The average Bonchev–Trinajstić information content (AvgIpc) is 2.62. The quantitative estimate of drug-likeness (QED) is 0.806. The van der Waals surface area contributed by atoms with E-state index >= 15 is 0 Å². The van der Waals surface area contributed by atoms with E-state index in [1.54, 1.807) is 12.1 Å². The lowest BCUT2D eigenvalue weighted by Gasteiger charge is -2.29. The lowest BCUT2D eigenvalue weighted by molar-refractivity contribution is 0.298. The fraction of sp³-hybridized carbons (Fsp3) is 0.571. The lowest BCUT2D eigenvalue weighted by Crippen LogP contribution is -2.38. The molecular formula is C14H18FN. The Morgan fingerprint density at radius 1 is 1.06 bits per heavy atom. The highest BCUT2D eigenvalue weighted by Crippen LogP contribution is 2.32. The Hall–Kier alpha value is -0.890. The fourth-order valence-electron chi connectivity index (χ4n) is 3.30. The second kappa shape index (κ2) is 4.17. The van der Waals surface area contributed by atoms with E-state index in [9.17, 15) is 4.39 Å². The summed E-state index contributed by atoms with van der Waals surface area (Å²) >= 11 is 0. The second-order valence-electron chi connectivity index (χ2n) is 5.31. The Labute approximate surface area is 96.1 Å². The van der Waals surface area contributed by atoms with Crippen LogP contribution in [0.5, 0.6) is 0 Å². The Morgan fingerprint density at radius 2 is 1.69 bits per heavy atom. The summed E-state index contributed by atoms with van der Waals surface area (Å²) < 4.78 is 12.8. The third-order valence-corrected chi connectivity index (χ3v) is 4.01. The summed E-state index contributed by atoms with van der Waals surface area (Å²) in [6, 6.07) is 8.52. The molecule has 2 heteroatoms. The summed E-state index contributed by atoms with van der Waals surface area (Å²) in [6.07, 6.45) is 6.42. The molecule has 16 heavy (non-hydrogen) atoms. The van der Waals surface area contributed by atoms with E-state index < -0.39 is 0 Å². The molecule has 3 rings (SSSR count). The summed E-state index contributed by atoms with van der Waals surface area (Å²) in [6.45, 7) is 0. The molecule has 0 aliphatic carbocycles. The summed E-state index contributed by atoms with van der Waals surface area (Å²) in [4.78, 5) is 0. The summed E-state index contributed by atoms with van der Waals surface area (Å²) in [5, 5.41) is 3.66. The molecule has 0 aromatic heterocycles. The second-order valence-corrected chi connectivity index (χ2v) is 5.31. The highest BCUT2D eigenvalue weighted by atomic mass is 19.1. The molecule has 2 bridgehead atoms. The zero-order valence-electron chi connectivity index (χ0n) is 9.45. The van der Waals surface area contributed by atoms with Gasteiger partial charge in [-0.3, -0.25) is 0 Å². The molecule has 1 unspecified atom stereocenters. The van der Waals surface area contributed by atoms with Crippen LogP contribution in [0.15, 0.2) is 24.3 Å². The van der Waals surface area contributed by atoms with Gasteiger partial charge in [0.25, 0.3) is 0 Å². The minimum absolute atomic E-state index is 0.130. The first-order chi connectivity index (χ1) is 7.79. The smallest absolute Gasteiger partial charge is 0.123 e. The standard InChI is InChI=1S/C14H18FN/c15-12-3-1-10(2-4-12)7-11-8-13-5-6-14(9-11)16-13/h1-4,11,13-14,16H,5-9H2/t11?,13-,14+. The molecule has 1 nitrogen and oxygen atoms in total. The van der Waals surface area contributed by atoms with Gasteiger partial charge in [0, 0.05) is 12.1 Å². The SMILES string of the molecule is Fc1ccc(CC2C[C@H]3CC[C@@H](C2)N3)cc1. The van der Waals surface area contributed by atoms with E-state index in [-0.39, 0.29) is 5.82 Å². The largest absolute Gasteiger partial charge is 0.311 e. The number of rotatable bonds is 2. The normalized spacial score (nSPS) is 32.9. The molecule has 0 amide bonds. The molecule has 1 aromatic rings. The third kappa shape index (κ3) is 2.12. The van der Waals surface area contributed by atoms with Gasteiger partial charge in [-0.2, -0.15) is 0 Å². The van der Waals surface area contributed by atoms with Gasteiger partial charge in [0.05, 0.1) is 0 Å². The van der Waals surface area contributed by atoms with Crippen molar-refractivity contribution in [3.05, 3.63) is 35.6 Å². The van der Waals surface area contributed by atoms with E-state index in [2.05, 4.69) is 5.32 Å². The number of hydrogen-bond donors (Lipinski definition) is 1. The van der Waals surface area contributed by atoms with E-state index in [4.69, 9.17) is 0 Å². The van der Waals surface area contributed by atoms with Crippen molar-refractivity contribution in [1.82, 2.24) is 5.32 Å². The van der Waals surface area contributed by atoms with Gasteiger partial charge in [0.1, 0.15) is 5.82 Å². The van der Waals surface area contributed by atoms with Gasteiger partial charge in [0.15, 0.2) is 0 Å². The van der Waals surface area contributed by atoms with Crippen LogP contribution in [0.2, 0.25) is 0 Å². The number of halogens is 1. The van der Waals surface area contributed by atoms with E-state index in [0.29, 0.717) is 0 Å². The van der Waals surface area contributed by atoms with Crippen LogP contribution >= 0.6 is 0 Å². The monoisotopic (exact) mass is 219 g/mol. The zero-order chi connectivity index (χ0) is 11.0. The summed E-state index contributed by atoms with van der Waals surface area (Å²) in [5.74, 6) is 0.665. The highest BCUT2D eigenvalue weighted by molar-refractivity contribution is 5.17. The number of fused-ring (bicyclic) bond motifs is 2. The predicted molar refractivity (Wildman–Crippen MR) is 62.8 cm³/mol. The third-order valence-electron chi connectivity index (χ3n) is 4.01. The van der Waals surface area contributed by atoms with E-state index in [0.717, 1.165) is 24.4 Å². The number of hydrogen-bond acceptors (Lipinski definition) is 1. The van der Waals surface area contributed by atoms with Crippen molar-refractivity contribution in [2.45, 2.75) is 44.2 Å². The molecule has 2 aliphatic rings. The Balaban J connectivity index is 1.64. The molecule has 2 fully saturated rings. The van der Waals surface area contributed by atoms with Gasteiger partial charge in [-0.05, 0) is 55.7 Å². The maximum atomic E-state index is 12.8. The number of benzene rings is 1. The number of piperidine rings is 1. The predicted octanol–water partition coefficient (Wildman–Crippen LogP) is 2.90.